The van der Waals surface area contributed by atoms with Crippen LogP contribution < -0.4 is 69.3 Å². The smallest absolute Gasteiger partial charge is 0.847 e. The molecule has 0 aromatic heterocycles. The number of carbonyl (C=O) groups excluding carboxylic acids is 2. The van der Waals surface area contributed by atoms with Crippen molar-refractivity contribution in [3.05, 3.63) is 0 Å². The normalized spacial score (nSPS) is 37.1. The third-order valence-electron chi connectivity index (χ3n) is 1.72. The van der Waals surface area contributed by atoms with E-state index >= 15 is 0 Å². The number of carbonyl (C=O) groups is 2. The minimum atomic E-state index is -2.30. The average molecular weight is 220 g/mol. The van der Waals surface area contributed by atoms with E-state index in [-0.39, 0.29) is 59.1 Å². The zero-order chi connectivity index (χ0) is 9.46. The predicted molar refractivity (Wildman–Crippen MR) is 29.6 cm³/mol. The molecule has 0 bridgehead atoms. The Morgan fingerprint density at radius 1 is 0.857 bits per heavy atom. The van der Waals surface area contributed by atoms with E-state index in [2.05, 4.69) is 0 Å². The number of ketones is 2. The molecule has 1 rings (SSSR count). The Kier molecular flexibility index (Phi) is 8.40. The van der Waals surface area contributed by atoms with Crippen molar-refractivity contribution in [3.8, 4) is 0 Å². The Morgan fingerprint density at radius 2 is 1.07 bits per heavy atom. The first-order valence-electron chi connectivity index (χ1n) is 3.22. The van der Waals surface area contributed by atoms with Gasteiger partial charge in [-0.25, -0.2) is 0 Å². The first kappa shape index (κ1) is 17.6. The third kappa shape index (κ3) is 3.08. The Bertz CT molecular complexity index is 188. The molecule has 0 aromatic carbocycles. The second-order valence-corrected chi connectivity index (χ2v) is 2.54. The summed E-state index contributed by atoms with van der Waals surface area (Å²) in [5, 5.41) is 38.7. The van der Waals surface area contributed by atoms with E-state index < -0.39 is 36.0 Å². The molecule has 0 saturated heterocycles. The number of aliphatic hydroxyl groups is 2. The molecule has 0 radical (unpaired) electrons. The van der Waals surface area contributed by atoms with Crippen LogP contribution in [0.3, 0.4) is 0 Å². The molecule has 4 unspecified atom stereocenters. The van der Waals surface area contributed by atoms with Crippen LogP contribution in [0.4, 0.5) is 0 Å². The van der Waals surface area contributed by atoms with Crippen LogP contribution in [0.5, 0.6) is 0 Å². The molecular weight excluding hydrogens is 214 g/mol. The molecule has 0 spiro atoms. The van der Waals surface area contributed by atoms with Gasteiger partial charge in [0.2, 0.25) is 0 Å². The van der Waals surface area contributed by atoms with Gasteiger partial charge in [0.15, 0.2) is 0 Å². The fraction of sp³-hybridized carbons (Fsp3) is 0.667. The average Bonchev–Trinajstić information content (AvgIpc) is 2.08. The Balaban J connectivity index is 0. The van der Waals surface area contributed by atoms with E-state index in [9.17, 15) is 19.8 Å². The standard InChI is InChI=1S/C6H6O6.2Na/c7-1-2(8)4(10)6(12)5(11)3(1)9;;/h1-2,5-8H;;/q-2;2*+1. The van der Waals surface area contributed by atoms with Gasteiger partial charge < -0.3 is 20.4 Å². The third-order valence-corrected chi connectivity index (χ3v) is 1.72. The van der Waals surface area contributed by atoms with E-state index in [0.717, 1.165) is 0 Å². The molecule has 0 amide bonds. The second kappa shape index (κ2) is 6.70. The summed E-state index contributed by atoms with van der Waals surface area (Å²) in [6.07, 6.45) is -8.66. The van der Waals surface area contributed by atoms with Gasteiger partial charge in [0.1, 0.15) is 23.8 Å². The first-order chi connectivity index (χ1) is 5.46. The molecule has 0 heterocycles. The number of rotatable bonds is 0. The van der Waals surface area contributed by atoms with E-state index in [1.165, 1.54) is 0 Å². The van der Waals surface area contributed by atoms with Crippen molar-refractivity contribution >= 4 is 11.6 Å². The monoisotopic (exact) mass is 220 g/mol. The molecule has 0 aromatic rings. The van der Waals surface area contributed by atoms with Crippen molar-refractivity contribution in [2.45, 2.75) is 24.4 Å². The summed E-state index contributed by atoms with van der Waals surface area (Å²) in [6.45, 7) is 0. The number of hydrogen-bond acceptors (Lipinski definition) is 6. The van der Waals surface area contributed by atoms with E-state index in [4.69, 9.17) is 10.2 Å². The van der Waals surface area contributed by atoms with Gasteiger partial charge in [-0.3, -0.25) is 9.59 Å². The van der Waals surface area contributed by atoms with Gasteiger partial charge in [-0.05, 0) is 0 Å². The number of Topliss-reactive ketones (excluding diaryl/α,β-unsaturated/α-hetero) is 2. The molecule has 1 saturated carbocycles. The number of aliphatic hydroxyl groups excluding tert-OH is 2. The summed E-state index contributed by atoms with van der Waals surface area (Å²) in [7, 11) is 0. The van der Waals surface area contributed by atoms with E-state index in [0.29, 0.717) is 0 Å². The molecule has 14 heavy (non-hydrogen) atoms. The van der Waals surface area contributed by atoms with Crippen molar-refractivity contribution in [3.63, 3.8) is 0 Å². The van der Waals surface area contributed by atoms with Gasteiger partial charge >= 0.3 is 59.1 Å². The Hall–Kier alpha value is 1.18. The first-order valence-corrected chi connectivity index (χ1v) is 3.22. The van der Waals surface area contributed by atoms with Crippen LogP contribution in [0.15, 0.2) is 0 Å². The molecule has 0 aliphatic heterocycles. The summed E-state index contributed by atoms with van der Waals surface area (Å²) >= 11 is 0. The van der Waals surface area contributed by atoms with Gasteiger partial charge in [-0.1, -0.05) is 12.2 Å². The summed E-state index contributed by atoms with van der Waals surface area (Å²) < 4.78 is 0. The molecule has 2 N–H and O–H groups in total. The van der Waals surface area contributed by atoms with Gasteiger partial charge in [0.25, 0.3) is 0 Å². The van der Waals surface area contributed by atoms with E-state index in [1.54, 1.807) is 0 Å². The van der Waals surface area contributed by atoms with Crippen molar-refractivity contribution in [1.82, 2.24) is 0 Å². The van der Waals surface area contributed by atoms with Crippen LogP contribution >= 0.6 is 0 Å². The largest absolute Gasteiger partial charge is 1.00 e. The summed E-state index contributed by atoms with van der Waals surface area (Å²) in [5.41, 5.74) is 0. The van der Waals surface area contributed by atoms with Crippen LogP contribution in [0, 0.1) is 0 Å². The molecule has 4 atom stereocenters. The summed E-state index contributed by atoms with van der Waals surface area (Å²) in [4.78, 5) is 21.2. The maximum absolute atomic E-state index is 10.6. The molecule has 68 valence electrons. The van der Waals surface area contributed by atoms with E-state index in [1.807, 2.05) is 0 Å². The van der Waals surface area contributed by atoms with Gasteiger partial charge in [-0.2, -0.15) is 0 Å². The van der Waals surface area contributed by atoms with Crippen LogP contribution in [0.2, 0.25) is 0 Å². The molecule has 1 aliphatic carbocycles. The second-order valence-electron chi connectivity index (χ2n) is 2.54. The zero-order valence-corrected chi connectivity index (χ0v) is 11.8. The topological polar surface area (TPSA) is 121 Å². The van der Waals surface area contributed by atoms with Crippen LogP contribution in [0.25, 0.3) is 0 Å². The predicted octanol–water partition coefficient (Wildman–Crippen LogP) is -10.7. The van der Waals surface area contributed by atoms with Crippen LogP contribution in [0.1, 0.15) is 0 Å². The molecule has 1 aliphatic rings. The number of hydrogen-bond donors (Lipinski definition) is 2. The molecule has 6 nitrogen and oxygen atoms in total. The van der Waals surface area contributed by atoms with Crippen LogP contribution in [-0.4, -0.2) is 46.2 Å². The SMILES string of the molecule is O=C1C([O-])C([O-])C(=O)C(O)C1O.[Na+].[Na+]. The molecule has 1 fully saturated rings. The summed E-state index contributed by atoms with van der Waals surface area (Å²) in [6, 6.07) is 0. The van der Waals surface area contributed by atoms with Crippen molar-refractivity contribution in [2.24, 2.45) is 0 Å². The molecule has 8 heteroatoms. The maximum atomic E-state index is 10.6. The van der Waals surface area contributed by atoms with Crippen molar-refractivity contribution < 1.29 is 89.1 Å². The van der Waals surface area contributed by atoms with Gasteiger partial charge in [-0.15, -0.1) is 0 Å². The van der Waals surface area contributed by atoms with Crippen LogP contribution in [-0.2, 0) is 9.59 Å². The minimum absolute atomic E-state index is 0. The van der Waals surface area contributed by atoms with Gasteiger partial charge in [0.05, 0.1) is 0 Å². The maximum Gasteiger partial charge on any atom is 1.00 e. The Labute approximate surface area is 124 Å². The van der Waals surface area contributed by atoms with Crippen molar-refractivity contribution in [2.75, 3.05) is 0 Å². The molecular formula is C6H6Na2O6. The minimum Gasteiger partial charge on any atom is -0.847 e. The Morgan fingerprint density at radius 3 is 1.29 bits per heavy atom. The fourth-order valence-corrected chi connectivity index (χ4v) is 0.946. The van der Waals surface area contributed by atoms with Gasteiger partial charge in [0, 0.05) is 0 Å². The van der Waals surface area contributed by atoms with Crippen molar-refractivity contribution in [1.29, 1.82) is 0 Å². The zero-order valence-electron chi connectivity index (χ0n) is 7.84. The summed E-state index contributed by atoms with van der Waals surface area (Å²) in [5.74, 6) is -2.63. The fourth-order valence-electron chi connectivity index (χ4n) is 0.946. The quantitative estimate of drug-likeness (QED) is 0.391.